The number of carboxylic acids is 1. The summed E-state index contributed by atoms with van der Waals surface area (Å²) < 4.78 is 5.48. The van der Waals surface area contributed by atoms with E-state index in [2.05, 4.69) is 13.8 Å². The summed E-state index contributed by atoms with van der Waals surface area (Å²) in [5, 5.41) is 9.03. The third-order valence-corrected chi connectivity index (χ3v) is 3.35. The van der Waals surface area contributed by atoms with Crippen molar-refractivity contribution >= 4 is 17.7 Å². The van der Waals surface area contributed by atoms with Crippen LogP contribution in [0.25, 0.3) is 0 Å². The molecule has 1 aromatic carbocycles. The average Bonchev–Trinajstić information content (AvgIpc) is 2.30. The predicted molar refractivity (Wildman–Crippen MR) is 74.5 cm³/mol. The Labute approximate surface area is 113 Å². The number of carbonyl (C=O) groups is 1. The number of aryl methyl sites for hydroxylation is 1. The smallest absolute Gasteiger partial charge is 0.335 e. The van der Waals surface area contributed by atoms with Gasteiger partial charge in [-0.05, 0) is 30.5 Å². The molecule has 1 rings (SSSR count). The highest BCUT2D eigenvalue weighted by Crippen LogP contribution is 2.21. The van der Waals surface area contributed by atoms with Gasteiger partial charge in [-0.1, -0.05) is 19.9 Å². The fourth-order valence-corrected chi connectivity index (χ4v) is 2.26. The Hall–Kier alpha value is -1.00. The van der Waals surface area contributed by atoms with Gasteiger partial charge in [-0.2, -0.15) is 0 Å². The van der Waals surface area contributed by atoms with Crippen LogP contribution in [0.3, 0.4) is 0 Å². The summed E-state index contributed by atoms with van der Waals surface area (Å²) in [6.45, 7) is 7.51. The van der Waals surface area contributed by atoms with Gasteiger partial charge in [-0.15, -0.1) is 11.8 Å². The lowest BCUT2D eigenvalue weighted by atomic mass is 10.1. The zero-order valence-electron chi connectivity index (χ0n) is 11.1. The van der Waals surface area contributed by atoms with E-state index < -0.39 is 5.97 Å². The van der Waals surface area contributed by atoms with Gasteiger partial charge >= 0.3 is 5.97 Å². The van der Waals surface area contributed by atoms with Crippen molar-refractivity contribution in [3.05, 3.63) is 29.3 Å². The quantitative estimate of drug-likeness (QED) is 0.607. The highest BCUT2D eigenvalue weighted by molar-refractivity contribution is 7.99. The molecule has 0 radical (unpaired) electrons. The predicted octanol–water partition coefficient (Wildman–Crippen LogP) is 3.46. The number of rotatable bonds is 7. The number of thioether (sulfide) groups is 1. The summed E-state index contributed by atoms with van der Waals surface area (Å²) in [4.78, 5) is 12.0. The second-order valence-electron chi connectivity index (χ2n) is 4.60. The van der Waals surface area contributed by atoms with Crippen molar-refractivity contribution in [1.29, 1.82) is 0 Å². The van der Waals surface area contributed by atoms with E-state index in [0.29, 0.717) is 18.1 Å². The van der Waals surface area contributed by atoms with Crippen LogP contribution in [-0.2, 0) is 4.74 Å². The minimum atomic E-state index is -0.869. The Morgan fingerprint density at radius 1 is 1.44 bits per heavy atom. The largest absolute Gasteiger partial charge is 0.478 e. The van der Waals surface area contributed by atoms with E-state index in [1.54, 1.807) is 17.8 Å². The number of ether oxygens (including phenoxy) is 1. The van der Waals surface area contributed by atoms with Crippen molar-refractivity contribution in [3.8, 4) is 0 Å². The lowest BCUT2D eigenvalue weighted by Crippen LogP contribution is -2.04. The number of hydrogen-bond donors (Lipinski definition) is 1. The Morgan fingerprint density at radius 2 is 2.17 bits per heavy atom. The van der Waals surface area contributed by atoms with Crippen molar-refractivity contribution in [1.82, 2.24) is 0 Å². The molecule has 0 saturated carbocycles. The first-order valence-electron chi connectivity index (χ1n) is 6.05. The lowest BCUT2D eigenvalue weighted by Gasteiger charge is -2.07. The van der Waals surface area contributed by atoms with Gasteiger partial charge in [0.2, 0.25) is 0 Å². The molecule has 1 aromatic rings. The topological polar surface area (TPSA) is 46.5 Å². The summed E-state index contributed by atoms with van der Waals surface area (Å²) in [5.41, 5.74) is 1.17. The molecule has 0 fully saturated rings. The molecule has 0 bridgehead atoms. The van der Waals surface area contributed by atoms with E-state index in [4.69, 9.17) is 9.84 Å². The molecular formula is C14H20O3S. The van der Waals surface area contributed by atoms with Crippen molar-refractivity contribution in [2.75, 3.05) is 19.0 Å². The maximum Gasteiger partial charge on any atom is 0.335 e. The van der Waals surface area contributed by atoms with Gasteiger partial charge in [0.25, 0.3) is 0 Å². The molecule has 0 unspecified atom stereocenters. The van der Waals surface area contributed by atoms with Crippen molar-refractivity contribution in [2.24, 2.45) is 5.92 Å². The van der Waals surface area contributed by atoms with Gasteiger partial charge in [0.1, 0.15) is 0 Å². The molecule has 4 heteroatoms. The van der Waals surface area contributed by atoms with Gasteiger partial charge in [0, 0.05) is 17.3 Å². The van der Waals surface area contributed by atoms with Crippen LogP contribution in [-0.4, -0.2) is 30.0 Å². The Morgan fingerprint density at radius 3 is 2.78 bits per heavy atom. The highest BCUT2D eigenvalue weighted by atomic mass is 32.2. The van der Waals surface area contributed by atoms with Gasteiger partial charge in [-0.3, -0.25) is 0 Å². The molecule has 0 aliphatic rings. The van der Waals surface area contributed by atoms with Gasteiger partial charge in [-0.25, -0.2) is 4.79 Å². The molecule has 0 aliphatic carbocycles. The van der Waals surface area contributed by atoms with E-state index in [-0.39, 0.29) is 0 Å². The first-order chi connectivity index (χ1) is 8.50. The van der Waals surface area contributed by atoms with E-state index >= 15 is 0 Å². The molecule has 100 valence electrons. The highest BCUT2D eigenvalue weighted by Gasteiger charge is 2.07. The second kappa shape index (κ2) is 7.44. The van der Waals surface area contributed by atoms with Crippen LogP contribution < -0.4 is 0 Å². The summed E-state index contributed by atoms with van der Waals surface area (Å²) in [6.07, 6.45) is 0. The van der Waals surface area contributed by atoms with Crippen LogP contribution in [0.2, 0.25) is 0 Å². The van der Waals surface area contributed by atoms with Crippen LogP contribution in [0.15, 0.2) is 23.1 Å². The third kappa shape index (κ3) is 5.10. The Kier molecular flexibility index (Phi) is 6.22. The van der Waals surface area contributed by atoms with Crippen molar-refractivity contribution < 1.29 is 14.6 Å². The zero-order chi connectivity index (χ0) is 13.5. The molecule has 0 aliphatic heterocycles. The lowest BCUT2D eigenvalue weighted by molar-refractivity contribution is 0.0696. The molecule has 3 nitrogen and oxygen atoms in total. The molecule has 0 atom stereocenters. The standard InChI is InChI=1S/C14H20O3S/c1-10(2)9-17-6-7-18-12-5-4-11(3)13(8-12)14(15)16/h4-5,8,10H,6-7,9H2,1-3H3,(H,15,16). The number of aromatic carboxylic acids is 1. The molecule has 0 saturated heterocycles. The van der Waals surface area contributed by atoms with Crippen molar-refractivity contribution in [3.63, 3.8) is 0 Å². The summed E-state index contributed by atoms with van der Waals surface area (Å²) in [7, 11) is 0. The first-order valence-corrected chi connectivity index (χ1v) is 7.03. The molecular weight excluding hydrogens is 248 g/mol. The van der Waals surface area contributed by atoms with E-state index in [1.807, 2.05) is 19.1 Å². The molecule has 0 spiro atoms. The molecule has 18 heavy (non-hydrogen) atoms. The van der Waals surface area contributed by atoms with E-state index in [9.17, 15) is 4.79 Å². The van der Waals surface area contributed by atoms with Gasteiger partial charge in [0.15, 0.2) is 0 Å². The fourth-order valence-electron chi connectivity index (χ4n) is 1.46. The van der Waals surface area contributed by atoms with E-state index in [1.165, 1.54) is 0 Å². The summed E-state index contributed by atoms with van der Waals surface area (Å²) >= 11 is 1.62. The third-order valence-electron chi connectivity index (χ3n) is 2.39. The zero-order valence-corrected chi connectivity index (χ0v) is 11.9. The minimum Gasteiger partial charge on any atom is -0.478 e. The Bertz CT molecular complexity index is 402. The minimum absolute atomic E-state index is 0.378. The number of benzene rings is 1. The SMILES string of the molecule is Cc1ccc(SCCOCC(C)C)cc1C(=O)O. The normalized spacial score (nSPS) is 10.9. The number of hydrogen-bond acceptors (Lipinski definition) is 3. The van der Waals surface area contributed by atoms with Crippen LogP contribution >= 0.6 is 11.8 Å². The fraction of sp³-hybridized carbons (Fsp3) is 0.500. The van der Waals surface area contributed by atoms with Crippen molar-refractivity contribution in [2.45, 2.75) is 25.7 Å². The average molecular weight is 268 g/mol. The molecule has 0 heterocycles. The summed E-state index contributed by atoms with van der Waals surface area (Å²) in [6, 6.07) is 5.53. The summed E-state index contributed by atoms with van der Waals surface area (Å²) in [5.74, 6) is 0.522. The maximum absolute atomic E-state index is 11.0. The van der Waals surface area contributed by atoms with Crippen LogP contribution in [0, 0.1) is 12.8 Å². The van der Waals surface area contributed by atoms with Crippen LogP contribution in [0.5, 0.6) is 0 Å². The Balaban J connectivity index is 2.43. The van der Waals surface area contributed by atoms with Gasteiger partial charge in [0.05, 0.1) is 12.2 Å². The first kappa shape index (κ1) is 15.1. The molecule has 1 N–H and O–H groups in total. The molecule has 0 aromatic heterocycles. The van der Waals surface area contributed by atoms with E-state index in [0.717, 1.165) is 22.8 Å². The maximum atomic E-state index is 11.0. The van der Waals surface area contributed by atoms with Gasteiger partial charge < -0.3 is 9.84 Å². The number of carboxylic acid groups (broad SMARTS) is 1. The van der Waals surface area contributed by atoms with Crippen LogP contribution in [0.4, 0.5) is 0 Å². The molecule has 0 amide bonds. The second-order valence-corrected chi connectivity index (χ2v) is 5.77. The monoisotopic (exact) mass is 268 g/mol. The van der Waals surface area contributed by atoms with Crippen LogP contribution in [0.1, 0.15) is 29.8 Å².